The van der Waals surface area contributed by atoms with Gasteiger partial charge in [-0.15, -0.1) is 21.5 Å². The minimum absolute atomic E-state index is 0.0172. The van der Waals surface area contributed by atoms with Gasteiger partial charge in [0, 0.05) is 35.6 Å². The Morgan fingerprint density at radius 3 is 2.77 bits per heavy atom. The van der Waals surface area contributed by atoms with Crippen LogP contribution in [0.3, 0.4) is 0 Å². The Labute approximate surface area is 155 Å². The molecule has 5 rings (SSSR count). The van der Waals surface area contributed by atoms with E-state index in [1.807, 2.05) is 46.5 Å². The van der Waals surface area contributed by atoms with E-state index in [9.17, 15) is 4.79 Å². The molecule has 0 amide bonds. The second-order valence-corrected chi connectivity index (χ2v) is 8.09. The first-order valence-corrected chi connectivity index (χ1v) is 9.77. The molecule has 2 aliphatic rings. The molecule has 0 aliphatic carbocycles. The monoisotopic (exact) mass is 365 g/mol. The topological polar surface area (TPSA) is 63.9 Å². The molecule has 6 nitrogen and oxygen atoms in total. The number of rotatable bonds is 3. The summed E-state index contributed by atoms with van der Waals surface area (Å²) in [4.78, 5) is 19.8. The van der Waals surface area contributed by atoms with Gasteiger partial charge in [-0.3, -0.25) is 14.3 Å². The molecule has 1 aromatic carbocycles. The molecule has 1 atom stereocenters. The van der Waals surface area contributed by atoms with Gasteiger partial charge in [0.25, 0.3) is 5.56 Å². The lowest BCUT2D eigenvalue weighted by Gasteiger charge is -2.22. The number of hydrogen-bond acceptors (Lipinski definition) is 6. The van der Waals surface area contributed by atoms with Crippen molar-refractivity contribution in [2.75, 3.05) is 13.1 Å². The first-order valence-electron chi connectivity index (χ1n) is 8.89. The maximum Gasteiger partial charge on any atom is 0.280 e. The molecule has 0 saturated carbocycles. The van der Waals surface area contributed by atoms with Crippen LogP contribution in [0.4, 0.5) is 0 Å². The molecule has 26 heavy (non-hydrogen) atoms. The molecule has 3 aromatic rings. The standard InChI is InChI=1S/C19H19N5OS/c25-17-16(14-4-2-1-3-5-14)21-22-18-19(7-10-24(17)18)6-9-23(13-19)12-15-20-8-11-26-15/h1-5,8,11H,6-7,9-10,12-13H2/t19-/m1/s1. The van der Waals surface area contributed by atoms with Crippen LogP contribution in [-0.4, -0.2) is 37.7 Å². The molecular weight excluding hydrogens is 346 g/mol. The second kappa shape index (κ2) is 6.10. The van der Waals surface area contributed by atoms with Gasteiger partial charge in [0.1, 0.15) is 10.8 Å². The molecule has 1 spiro atoms. The van der Waals surface area contributed by atoms with Gasteiger partial charge in [-0.05, 0) is 19.4 Å². The summed E-state index contributed by atoms with van der Waals surface area (Å²) >= 11 is 1.69. The lowest BCUT2D eigenvalue weighted by atomic mass is 9.85. The van der Waals surface area contributed by atoms with Gasteiger partial charge in [-0.2, -0.15) is 0 Å². The van der Waals surface area contributed by atoms with Crippen molar-refractivity contribution in [3.63, 3.8) is 0 Å². The Morgan fingerprint density at radius 2 is 1.96 bits per heavy atom. The van der Waals surface area contributed by atoms with Gasteiger partial charge in [0.05, 0.1) is 6.54 Å². The minimum Gasteiger partial charge on any atom is -0.296 e. The molecule has 2 aliphatic heterocycles. The van der Waals surface area contributed by atoms with Crippen molar-refractivity contribution < 1.29 is 0 Å². The van der Waals surface area contributed by atoms with Gasteiger partial charge < -0.3 is 0 Å². The number of likely N-dealkylation sites (tertiary alicyclic amines) is 1. The predicted octanol–water partition coefficient (Wildman–Crippen LogP) is 2.31. The fourth-order valence-electron chi connectivity index (χ4n) is 4.23. The van der Waals surface area contributed by atoms with Crippen molar-refractivity contribution in [3.05, 3.63) is 63.1 Å². The van der Waals surface area contributed by atoms with Gasteiger partial charge >= 0.3 is 0 Å². The van der Waals surface area contributed by atoms with E-state index in [0.29, 0.717) is 5.69 Å². The summed E-state index contributed by atoms with van der Waals surface area (Å²) in [7, 11) is 0. The van der Waals surface area contributed by atoms with Crippen molar-refractivity contribution in [1.29, 1.82) is 0 Å². The minimum atomic E-state index is -0.0430. The molecule has 0 N–H and O–H groups in total. The van der Waals surface area contributed by atoms with Crippen LogP contribution < -0.4 is 5.56 Å². The second-order valence-electron chi connectivity index (χ2n) is 7.11. The van der Waals surface area contributed by atoms with E-state index < -0.39 is 0 Å². The Hall–Kier alpha value is -2.38. The molecule has 0 unspecified atom stereocenters. The molecule has 0 radical (unpaired) electrons. The maximum absolute atomic E-state index is 13.0. The fourth-order valence-corrected chi connectivity index (χ4v) is 4.89. The molecule has 0 bridgehead atoms. The summed E-state index contributed by atoms with van der Waals surface area (Å²) in [5.41, 5.74) is 1.22. The number of benzene rings is 1. The van der Waals surface area contributed by atoms with Crippen LogP contribution in [0.25, 0.3) is 11.3 Å². The fraction of sp³-hybridized carbons (Fsp3) is 0.368. The van der Waals surface area contributed by atoms with Gasteiger partial charge in [-0.25, -0.2) is 4.98 Å². The number of nitrogens with zero attached hydrogens (tertiary/aromatic N) is 5. The zero-order valence-corrected chi connectivity index (χ0v) is 15.2. The van der Waals surface area contributed by atoms with E-state index in [1.54, 1.807) is 11.3 Å². The van der Waals surface area contributed by atoms with Crippen LogP contribution in [0.15, 0.2) is 46.7 Å². The van der Waals surface area contributed by atoms with E-state index in [2.05, 4.69) is 20.1 Å². The third kappa shape index (κ3) is 2.50. The zero-order valence-electron chi connectivity index (χ0n) is 14.3. The van der Waals surface area contributed by atoms with Crippen LogP contribution in [0, 0.1) is 0 Å². The van der Waals surface area contributed by atoms with Crippen molar-refractivity contribution in [3.8, 4) is 11.3 Å². The number of fused-ring (bicyclic) bond motifs is 2. The summed E-state index contributed by atoms with van der Waals surface area (Å²) in [5.74, 6) is 0.865. The highest BCUT2D eigenvalue weighted by Gasteiger charge is 2.47. The van der Waals surface area contributed by atoms with Crippen molar-refractivity contribution in [2.45, 2.75) is 31.3 Å². The average molecular weight is 365 g/mol. The third-order valence-corrected chi connectivity index (χ3v) is 6.32. The average Bonchev–Trinajstić information content (AvgIpc) is 3.40. The molecular formula is C19H19N5OS. The highest BCUT2D eigenvalue weighted by Crippen LogP contribution is 2.41. The summed E-state index contributed by atoms with van der Waals surface area (Å²) in [5, 5.41) is 12.0. The lowest BCUT2D eigenvalue weighted by molar-refractivity contribution is 0.299. The summed E-state index contributed by atoms with van der Waals surface area (Å²) in [6, 6.07) is 9.60. The maximum atomic E-state index is 13.0. The van der Waals surface area contributed by atoms with E-state index in [4.69, 9.17) is 0 Å². The number of hydrogen-bond donors (Lipinski definition) is 0. The van der Waals surface area contributed by atoms with E-state index in [-0.39, 0.29) is 11.0 Å². The Bertz CT molecular complexity index is 985. The van der Waals surface area contributed by atoms with Crippen LogP contribution >= 0.6 is 11.3 Å². The Balaban J connectivity index is 1.46. The van der Waals surface area contributed by atoms with Crippen molar-refractivity contribution >= 4 is 11.3 Å². The first-order chi connectivity index (χ1) is 12.8. The van der Waals surface area contributed by atoms with Crippen molar-refractivity contribution in [1.82, 2.24) is 24.6 Å². The van der Waals surface area contributed by atoms with Crippen LogP contribution in [-0.2, 0) is 18.5 Å². The van der Waals surface area contributed by atoms with E-state index >= 15 is 0 Å². The Kier molecular flexibility index (Phi) is 3.72. The van der Waals surface area contributed by atoms with E-state index in [0.717, 1.165) is 55.4 Å². The molecule has 4 heterocycles. The van der Waals surface area contributed by atoms with Crippen LogP contribution in [0.5, 0.6) is 0 Å². The highest BCUT2D eigenvalue weighted by atomic mass is 32.1. The summed E-state index contributed by atoms with van der Waals surface area (Å²) in [6.07, 6.45) is 3.84. The van der Waals surface area contributed by atoms with Crippen LogP contribution in [0.1, 0.15) is 23.7 Å². The molecule has 1 saturated heterocycles. The molecule has 132 valence electrons. The van der Waals surface area contributed by atoms with Gasteiger partial charge in [0.15, 0.2) is 5.69 Å². The normalized spacial score (nSPS) is 22.2. The smallest absolute Gasteiger partial charge is 0.280 e. The summed E-state index contributed by atoms with van der Waals surface area (Å²) < 4.78 is 1.85. The zero-order chi connectivity index (χ0) is 17.6. The van der Waals surface area contributed by atoms with Gasteiger partial charge in [-0.1, -0.05) is 30.3 Å². The first kappa shape index (κ1) is 15.8. The molecule has 1 fully saturated rings. The summed E-state index contributed by atoms with van der Waals surface area (Å²) in [6.45, 7) is 3.54. The highest BCUT2D eigenvalue weighted by molar-refractivity contribution is 7.09. The molecule has 2 aromatic heterocycles. The predicted molar refractivity (Wildman–Crippen MR) is 100 cm³/mol. The third-order valence-electron chi connectivity index (χ3n) is 5.56. The largest absolute Gasteiger partial charge is 0.296 e. The van der Waals surface area contributed by atoms with E-state index in [1.165, 1.54) is 0 Å². The number of thiazole rings is 1. The SMILES string of the molecule is O=c1c(-c2ccccc2)nnc2n1CC[C@@]21CCN(Cc2nccs2)C1. The Morgan fingerprint density at radius 1 is 1.12 bits per heavy atom. The lowest BCUT2D eigenvalue weighted by Crippen LogP contribution is -2.33. The quantitative estimate of drug-likeness (QED) is 0.713. The van der Waals surface area contributed by atoms with Gasteiger partial charge in [0.2, 0.25) is 0 Å². The number of aromatic nitrogens is 4. The molecule has 7 heteroatoms. The van der Waals surface area contributed by atoms with Crippen LogP contribution in [0.2, 0.25) is 0 Å². The van der Waals surface area contributed by atoms with Crippen molar-refractivity contribution in [2.24, 2.45) is 0 Å².